The number of anilines is 1. The molecule has 0 aliphatic carbocycles. The monoisotopic (exact) mass is 884 g/mol. The Bertz CT molecular complexity index is 2520. The fourth-order valence-electron chi connectivity index (χ4n) is 12.3. The van der Waals surface area contributed by atoms with Crippen LogP contribution in [0.25, 0.3) is 32.9 Å². The summed E-state index contributed by atoms with van der Waals surface area (Å²) in [6.45, 7) is 20.1. The predicted octanol–water partition coefficient (Wildman–Crippen LogP) is 11.0. The van der Waals surface area contributed by atoms with Gasteiger partial charge in [-0.25, -0.2) is 27.3 Å². The molecule has 1 amide bonds. The summed E-state index contributed by atoms with van der Waals surface area (Å²) in [5.74, 6) is 2.25. The molecule has 9 nitrogen and oxygen atoms in total. The number of hydrogen-bond acceptors (Lipinski definition) is 8. The highest BCUT2D eigenvalue weighted by Gasteiger charge is 2.53. The quantitative estimate of drug-likeness (QED) is 0.103. The number of benzene rings is 2. The zero-order chi connectivity index (χ0) is 44.9. The molecule has 336 valence electrons. The minimum absolute atomic E-state index is 0.0273. The van der Waals surface area contributed by atoms with Crippen molar-refractivity contribution >= 4 is 41.7 Å². The van der Waals surface area contributed by atoms with Crippen molar-refractivity contribution in [1.29, 1.82) is 0 Å². The first-order valence-electron chi connectivity index (χ1n) is 22.9. The number of hydrogen-bond donors (Lipinski definition) is 0. The van der Waals surface area contributed by atoms with Crippen LogP contribution in [0.15, 0.2) is 30.3 Å². The molecular weight excluding hydrogens is 825 g/mol. The Morgan fingerprint density at radius 2 is 1.70 bits per heavy atom. The molecule has 4 fully saturated rings. The van der Waals surface area contributed by atoms with Crippen LogP contribution in [0.2, 0.25) is 16.6 Å². The molecule has 5 aliphatic rings. The van der Waals surface area contributed by atoms with E-state index in [9.17, 15) is 9.18 Å². The third-order valence-electron chi connectivity index (χ3n) is 14.9. The number of alkyl halides is 2. The molecule has 6 atom stereocenters. The molecule has 63 heavy (non-hydrogen) atoms. The number of carbonyl (C=O) groups excluding carboxylic acids is 1. The molecule has 0 N–H and O–H groups in total. The maximum absolute atomic E-state index is 17.9. The van der Waals surface area contributed by atoms with Crippen LogP contribution in [0.1, 0.15) is 118 Å². The van der Waals surface area contributed by atoms with Crippen molar-refractivity contribution in [2.45, 2.75) is 159 Å². The number of ether oxygens (including phenoxy) is 2. The van der Waals surface area contributed by atoms with E-state index in [0.717, 1.165) is 19.4 Å². The van der Waals surface area contributed by atoms with Gasteiger partial charge >= 0.3 is 12.1 Å². The largest absolute Gasteiger partial charge is 0.461 e. The summed E-state index contributed by atoms with van der Waals surface area (Å²) < 4.78 is 78.8. The average molecular weight is 885 g/mol. The second kappa shape index (κ2) is 15.9. The number of nitrogens with zero attached hydrogens (tertiary/aromatic N) is 6. The van der Waals surface area contributed by atoms with Gasteiger partial charge in [-0.1, -0.05) is 71.7 Å². The minimum atomic E-state index is -2.33. The van der Waals surface area contributed by atoms with Gasteiger partial charge < -0.3 is 14.4 Å². The van der Waals surface area contributed by atoms with Crippen LogP contribution >= 0.6 is 0 Å². The molecule has 4 aromatic rings. The Hall–Kier alpha value is -4.48. The summed E-state index contributed by atoms with van der Waals surface area (Å²) in [6, 6.07) is 6.99. The number of rotatable bonds is 7. The molecule has 5 aliphatic heterocycles. The molecule has 0 saturated carbocycles. The van der Waals surface area contributed by atoms with Gasteiger partial charge in [-0.15, -0.1) is 5.54 Å². The number of carbonyl (C=O) groups is 1. The van der Waals surface area contributed by atoms with Crippen molar-refractivity contribution in [2.75, 3.05) is 31.1 Å². The normalized spacial score (nSPS) is 25.8. The topological polar surface area (TPSA) is 83.9 Å². The Balaban J connectivity index is 1.23. The molecule has 4 saturated heterocycles. The third kappa shape index (κ3) is 7.24. The SMILES string of the molecule is CC(C)[Si](C#Cc1c(F)ccc2cccc(-c3nc4c5c(nc(OC[C@@]67CCCN6C[C@H](F)C7)nc5c3F)N3C[C@H]5CC[C@@H]([C@H]3C[C@H]4F)N5C(=O)OC(C)(C)C)c12)(C(C)C)C(C)C. The fourth-order valence-corrected chi connectivity index (χ4v) is 17.5. The highest BCUT2D eigenvalue weighted by molar-refractivity contribution is 6.90. The molecule has 2 aromatic heterocycles. The molecule has 14 heteroatoms. The average Bonchev–Trinajstić information content (AvgIpc) is 3.83. The first-order valence-corrected chi connectivity index (χ1v) is 25.2. The zero-order valence-corrected chi connectivity index (χ0v) is 39.0. The number of piperazine rings is 1. The lowest BCUT2D eigenvalue weighted by Crippen LogP contribution is -2.62. The summed E-state index contributed by atoms with van der Waals surface area (Å²) in [7, 11) is -2.33. The summed E-state index contributed by atoms with van der Waals surface area (Å²) in [4.78, 5) is 34.1. The Kier molecular flexibility index (Phi) is 11.0. The molecule has 2 aromatic carbocycles. The van der Waals surface area contributed by atoms with E-state index in [2.05, 4.69) is 57.9 Å². The van der Waals surface area contributed by atoms with Crippen molar-refractivity contribution in [1.82, 2.24) is 24.8 Å². The van der Waals surface area contributed by atoms with E-state index < -0.39 is 61.4 Å². The first kappa shape index (κ1) is 43.8. The van der Waals surface area contributed by atoms with E-state index in [1.165, 1.54) is 6.07 Å². The maximum Gasteiger partial charge on any atom is 0.410 e. The van der Waals surface area contributed by atoms with E-state index in [1.54, 1.807) is 23.1 Å². The molecule has 0 unspecified atom stereocenters. The van der Waals surface area contributed by atoms with Gasteiger partial charge in [0.05, 0.1) is 40.3 Å². The number of aromatic nitrogens is 3. The number of pyridine rings is 1. The highest BCUT2D eigenvalue weighted by atomic mass is 28.3. The van der Waals surface area contributed by atoms with Crippen molar-refractivity contribution < 1.29 is 31.8 Å². The Labute approximate surface area is 369 Å². The van der Waals surface area contributed by atoms with E-state index in [0.29, 0.717) is 59.7 Å². The van der Waals surface area contributed by atoms with Crippen molar-refractivity contribution in [3.63, 3.8) is 0 Å². The second-order valence-electron chi connectivity index (χ2n) is 20.7. The standard InChI is InChI=1S/C49H60F4N6O3Si/c1-27(2)63(28(3)4,29(5)6)21-18-33-35(51)16-14-30-12-10-13-34(39(30)33)42-41(53)44-40-43(54-42)36(52)22-38-37-17-15-32(59(37)47(60)62-48(7,8)9)25-58(38)45(40)56-46(55-44)61-26-49-19-11-20-57(49)24-31(50)23-49/h10,12-14,16,27-29,31-32,36-38H,11,15,17,19-20,22-26H2,1-9H3/t31-,32-,36-,37+,38-,49+/m1/s1. The molecule has 0 spiro atoms. The highest BCUT2D eigenvalue weighted by Crippen LogP contribution is 2.49. The Morgan fingerprint density at radius 1 is 0.952 bits per heavy atom. The molecule has 2 bridgehead atoms. The zero-order valence-electron chi connectivity index (χ0n) is 38.0. The lowest BCUT2D eigenvalue weighted by atomic mass is 9.95. The van der Waals surface area contributed by atoms with Gasteiger partial charge in [0.1, 0.15) is 55.5 Å². The van der Waals surface area contributed by atoms with E-state index in [4.69, 9.17) is 24.4 Å². The van der Waals surface area contributed by atoms with E-state index in [-0.39, 0.29) is 64.3 Å². The van der Waals surface area contributed by atoms with Crippen molar-refractivity contribution in [3.8, 4) is 28.7 Å². The summed E-state index contributed by atoms with van der Waals surface area (Å²) in [6.07, 6.45) is 0.0927. The van der Waals surface area contributed by atoms with Gasteiger partial charge in [-0.05, 0) is 81.1 Å². The molecule has 9 rings (SSSR count). The molecular formula is C49H60F4N6O3Si. The molecule has 0 radical (unpaired) electrons. The van der Waals surface area contributed by atoms with Crippen molar-refractivity contribution in [3.05, 3.63) is 53.2 Å². The minimum Gasteiger partial charge on any atom is -0.461 e. The summed E-state index contributed by atoms with van der Waals surface area (Å²) in [5.41, 5.74) is 3.32. The van der Waals surface area contributed by atoms with E-state index >= 15 is 13.2 Å². The van der Waals surface area contributed by atoms with Gasteiger partial charge in [0.15, 0.2) is 5.82 Å². The van der Waals surface area contributed by atoms with Gasteiger partial charge in [0.25, 0.3) is 0 Å². The van der Waals surface area contributed by atoms with Crippen LogP contribution in [-0.4, -0.2) is 101 Å². The van der Waals surface area contributed by atoms with Crippen LogP contribution < -0.4 is 9.64 Å². The van der Waals surface area contributed by atoms with E-state index in [1.807, 2.05) is 31.7 Å². The van der Waals surface area contributed by atoms with Crippen LogP contribution in [-0.2, 0) is 4.74 Å². The maximum atomic E-state index is 17.9. The van der Waals surface area contributed by atoms with Crippen LogP contribution in [0, 0.1) is 23.1 Å². The lowest BCUT2D eigenvalue weighted by Gasteiger charge is -2.47. The van der Waals surface area contributed by atoms with Crippen molar-refractivity contribution in [2.24, 2.45) is 0 Å². The first-order chi connectivity index (χ1) is 29.8. The van der Waals surface area contributed by atoms with Gasteiger partial charge in [0, 0.05) is 36.9 Å². The van der Waals surface area contributed by atoms with Gasteiger partial charge in [-0.2, -0.15) is 9.97 Å². The predicted molar refractivity (Wildman–Crippen MR) is 241 cm³/mol. The summed E-state index contributed by atoms with van der Waals surface area (Å²) in [5, 5.41) is 1.17. The molecule has 7 heterocycles. The van der Waals surface area contributed by atoms with Crippen LogP contribution in [0.4, 0.5) is 28.2 Å². The number of amides is 1. The number of halogens is 4. The Morgan fingerprint density at radius 3 is 2.41 bits per heavy atom. The second-order valence-corrected chi connectivity index (χ2v) is 26.2. The smallest absolute Gasteiger partial charge is 0.410 e. The summed E-state index contributed by atoms with van der Waals surface area (Å²) >= 11 is 0. The lowest BCUT2D eigenvalue weighted by molar-refractivity contribution is 0.00599. The number of fused-ring (bicyclic) bond motifs is 7. The fraction of sp³-hybridized carbons (Fsp3) is 0.592. The third-order valence-corrected chi connectivity index (χ3v) is 21.2. The van der Waals surface area contributed by atoms with Crippen LogP contribution in [0.3, 0.4) is 0 Å². The van der Waals surface area contributed by atoms with Gasteiger partial charge in [-0.3, -0.25) is 9.80 Å². The van der Waals surface area contributed by atoms with Gasteiger partial charge in [0.2, 0.25) is 0 Å². The van der Waals surface area contributed by atoms with Crippen LogP contribution in [0.5, 0.6) is 6.01 Å².